The fourth-order valence-corrected chi connectivity index (χ4v) is 2.61. The number of nitrogens with one attached hydrogen (secondary N) is 2. The fraction of sp³-hybridized carbons (Fsp3) is 0.533. The molecule has 1 saturated heterocycles. The van der Waals surface area contributed by atoms with Gasteiger partial charge in [-0.3, -0.25) is 4.79 Å². The molecule has 0 bridgehead atoms. The molecule has 1 aromatic carbocycles. The quantitative estimate of drug-likeness (QED) is 0.897. The maximum atomic E-state index is 12.9. The van der Waals surface area contributed by atoms with Crippen LogP contribution in [0.25, 0.3) is 0 Å². The normalized spacial score (nSPS) is 20.3. The standard InChI is InChI=1S/C15H19F3N2O/c1-10(11-6-7-19-8-11)14(21)20-9-12-4-2-3-5-13(12)15(16,17)18/h2-5,10-11,19H,6-9H2,1H3,(H,20,21). The first-order chi connectivity index (χ1) is 9.89. The summed E-state index contributed by atoms with van der Waals surface area (Å²) in [7, 11) is 0. The Bertz CT molecular complexity index is 496. The topological polar surface area (TPSA) is 41.1 Å². The van der Waals surface area contributed by atoms with Gasteiger partial charge in [-0.2, -0.15) is 13.2 Å². The van der Waals surface area contributed by atoms with Crippen molar-refractivity contribution < 1.29 is 18.0 Å². The van der Waals surface area contributed by atoms with Gasteiger partial charge >= 0.3 is 6.18 Å². The van der Waals surface area contributed by atoms with Gasteiger partial charge in [-0.1, -0.05) is 25.1 Å². The minimum absolute atomic E-state index is 0.0927. The molecule has 2 atom stereocenters. The van der Waals surface area contributed by atoms with Gasteiger partial charge in [-0.05, 0) is 37.1 Å². The largest absolute Gasteiger partial charge is 0.416 e. The monoisotopic (exact) mass is 300 g/mol. The van der Waals surface area contributed by atoms with Crippen molar-refractivity contribution in [2.75, 3.05) is 13.1 Å². The smallest absolute Gasteiger partial charge is 0.352 e. The van der Waals surface area contributed by atoms with Crippen LogP contribution in [0.2, 0.25) is 0 Å². The van der Waals surface area contributed by atoms with Crippen LogP contribution < -0.4 is 10.6 Å². The minimum atomic E-state index is -4.40. The van der Waals surface area contributed by atoms with E-state index < -0.39 is 11.7 Å². The third-order valence-electron chi connectivity index (χ3n) is 3.99. The van der Waals surface area contributed by atoms with Gasteiger partial charge in [0, 0.05) is 12.5 Å². The average Bonchev–Trinajstić information content (AvgIpc) is 2.97. The lowest BCUT2D eigenvalue weighted by atomic mass is 9.92. The van der Waals surface area contributed by atoms with E-state index in [0.717, 1.165) is 25.6 Å². The zero-order valence-electron chi connectivity index (χ0n) is 11.8. The second-order valence-electron chi connectivity index (χ2n) is 5.41. The van der Waals surface area contributed by atoms with E-state index in [1.54, 1.807) is 6.07 Å². The van der Waals surface area contributed by atoms with Crippen LogP contribution in [0.15, 0.2) is 24.3 Å². The van der Waals surface area contributed by atoms with Crippen molar-refractivity contribution in [1.29, 1.82) is 0 Å². The van der Waals surface area contributed by atoms with E-state index in [-0.39, 0.29) is 29.9 Å². The molecule has 1 aromatic rings. The molecule has 3 nitrogen and oxygen atoms in total. The molecule has 2 N–H and O–H groups in total. The Kier molecular flexibility index (Phi) is 4.88. The van der Waals surface area contributed by atoms with Crippen LogP contribution in [-0.4, -0.2) is 19.0 Å². The van der Waals surface area contributed by atoms with E-state index in [4.69, 9.17) is 0 Å². The van der Waals surface area contributed by atoms with Gasteiger partial charge in [-0.25, -0.2) is 0 Å². The highest BCUT2D eigenvalue weighted by atomic mass is 19.4. The van der Waals surface area contributed by atoms with Crippen molar-refractivity contribution >= 4 is 5.91 Å². The molecule has 0 aromatic heterocycles. The summed E-state index contributed by atoms with van der Waals surface area (Å²) in [6, 6.07) is 5.32. The first-order valence-corrected chi connectivity index (χ1v) is 7.03. The first-order valence-electron chi connectivity index (χ1n) is 7.03. The number of carbonyl (C=O) groups is 1. The maximum Gasteiger partial charge on any atom is 0.416 e. The summed E-state index contributed by atoms with van der Waals surface area (Å²) in [5.74, 6) is -0.137. The summed E-state index contributed by atoms with van der Waals surface area (Å²) in [6.07, 6.45) is -3.48. The van der Waals surface area contributed by atoms with Gasteiger partial charge in [0.2, 0.25) is 5.91 Å². The number of rotatable bonds is 4. The zero-order valence-corrected chi connectivity index (χ0v) is 11.8. The zero-order chi connectivity index (χ0) is 15.5. The van der Waals surface area contributed by atoms with Gasteiger partial charge in [0.1, 0.15) is 0 Å². The van der Waals surface area contributed by atoms with Crippen LogP contribution in [-0.2, 0) is 17.5 Å². The second kappa shape index (κ2) is 6.47. The molecular weight excluding hydrogens is 281 g/mol. The number of amides is 1. The number of hydrogen-bond acceptors (Lipinski definition) is 2. The molecule has 2 rings (SSSR count). The molecule has 116 valence electrons. The van der Waals surface area contributed by atoms with Gasteiger partial charge in [0.15, 0.2) is 0 Å². The third-order valence-corrected chi connectivity index (χ3v) is 3.99. The summed E-state index contributed by atoms with van der Waals surface area (Å²) in [5.41, 5.74) is -0.601. The summed E-state index contributed by atoms with van der Waals surface area (Å²) in [4.78, 5) is 12.0. The number of hydrogen-bond donors (Lipinski definition) is 2. The lowest BCUT2D eigenvalue weighted by Crippen LogP contribution is -2.34. The van der Waals surface area contributed by atoms with E-state index in [2.05, 4.69) is 10.6 Å². The highest BCUT2D eigenvalue weighted by molar-refractivity contribution is 5.78. The summed E-state index contributed by atoms with van der Waals surface area (Å²) in [5, 5.41) is 5.80. The average molecular weight is 300 g/mol. The lowest BCUT2D eigenvalue weighted by Gasteiger charge is -2.19. The minimum Gasteiger partial charge on any atom is -0.352 e. The lowest BCUT2D eigenvalue weighted by molar-refractivity contribution is -0.138. The van der Waals surface area contributed by atoms with Crippen molar-refractivity contribution in [3.63, 3.8) is 0 Å². The van der Waals surface area contributed by atoms with Gasteiger partial charge in [0.05, 0.1) is 5.56 Å². The molecule has 0 spiro atoms. The Morgan fingerprint density at radius 3 is 2.76 bits per heavy atom. The van der Waals surface area contributed by atoms with E-state index in [1.165, 1.54) is 12.1 Å². The van der Waals surface area contributed by atoms with Crippen LogP contribution in [0.3, 0.4) is 0 Å². The first kappa shape index (κ1) is 15.8. The van der Waals surface area contributed by atoms with Gasteiger partial charge in [0.25, 0.3) is 0 Å². The molecule has 2 unspecified atom stereocenters. The summed E-state index contributed by atoms with van der Waals surface area (Å²) < 4.78 is 38.6. The molecule has 6 heteroatoms. The molecule has 0 aliphatic carbocycles. The summed E-state index contributed by atoms with van der Waals surface area (Å²) >= 11 is 0. The van der Waals surface area contributed by atoms with E-state index in [0.29, 0.717) is 0 Å². The number of halogens is 3. The third kappa shape index (κ3) is 3.97. The van der Waals surface area contributed by atoms with Crippen molar-refractivity contribution in [3.8, 4) is 0 Å². The Labute approximate surface area is 121 Å². The van der Waals surface area contributed by atoms with Crippen molar-refractivity contribution in [3.05, 3.63) is 35.4 Å². The predicted molar refractivity (Wildman–Crippen MR) is 73.4 cm³/mol. The van der Waals surface area contributed by atoms with Crippen LogP contribution in [0.1, 0.15) is 24.5 Å². The van der Waals surface area contributed by atoms with Crippen molar-refractivity contribution in [2.45, 2.75) is 26.1 Å². The Morgan fingerprint density at radius 1 is 1.43 bits per heavy atom. The number of alkyl halides is 3. The molecule has 1 heterocycles. The van der Waals surface area contributed by atoms with Crippen LogP contribution in [0.4, 0.5) is 13.2 Å². The predicted octanol–water partition coefficient (Wildman–Crippen LogP) is 2.57. The van der Waals surface area contributed by atoms with Gasteiger partial charge in [-0.15, -0.1) is 0 Å². The molecular formula is C15H19F3N2O. The highest BCUT2D eigenvalue weighted by Gasteiger charge is 2.33. The Balaban J connectivity index is 1.98. The molecule has 21 heavy (non-hydrogen) atoms. The molecule has 1 aliphatic heterocycles. The number of carbonyl (C=O) groups excluding carboxylic acids is 1. The number of benzene rings is 1. The Hall–Kier alpha value is -1.56. The molecule has 0 saturated carbocycles. The molecule has 0 radical (unpaired) electrons. The van der Waals surface area contributed by atoms with Crippen LogP contribution >= 0.6 is 0 Å². The van der Waals surface area contributed by atoms with Gasteiger partial charge < -0.3 is 10.6 Å². The SMILES string of the molecule is CC(C(=O)NCc1ccccc1C(F)(F)F)C1CCNC1. The molecule has 1 amide bonds. The van der Waals surface area contributed by atoms with Crippen molar-refractivity contribution in [1.82, 2.24) is 10.6 Å². The fourth-order valence-electron chi connectivity index (χ4n) is 2.61. The van der Waals surface area contributed by atoms with Crippen LogP contribution in [0, 0.1) is 11.8 Å². The van der Waals surface area contributed by atoms with Crippen molar-refractivity contribution in [2.24, 2.45) is 11.8 Å². The maximum absolute atomic E-state index is 12.9. The summed E-state index contributed by atoms with van der Waals surface area (Å²) in [6.45, 7) is 3.40. The molecule has 1 aliphatic rings. The van der Waals surface area contributed by atoms with E-state index in [1.807, 2.05) is 6.92 Å². The molecule has 1 fully saturated rings. The second-order valence-corrected chi connectivity index (χ2v) is 5.41. The highest BCUT2D eigenvalue weighted by Crippen LogP contribution is 2.31. The van der Waals surface area contributed by atoms with Crippen LogP contribution in [0.5, 0.6) is 0 Å². The van der Waals surface area contributed by atoms with E-state index >= 15 is 0 Å². The van der Waals surface area contributed by atoms with E-state index in [9.17, 15) is 18.0 Å². The Morgan fingerprint density at radius 2 is 2.14 bits per heavy atom.